The minimum absolute atomic E-state index is 0.177. The average Bonchev–Trinajstić information content (AvgIpc) is 2.24. The molecule has 0 saturated heterocycles. The summed E-state index contributed by atoms with van der Waals surface area (Å²) in [7, 11) is 0. The van der Waals surface area contributed by atoms with Crippen LogP contribution < -0.4 is 0 Å². The Hall–Kier alpha value is -1.84. The van der Waals surface area contributed by atoms with Crippen molar-refractivity contribution in [3.8, 4) is 0 Å². The van der Waals surface area contributed by atoms with Crippen LogP contribution in [-0.4, -0.2) is 16.2 Å². The van der Waals surface area contributed by atoms with Gasteiger partial charge in [-0.05, 0) is 12.1 Å². The molecule has 0 radical (unpaired) electrons. The number of alkyl halides is 6. The standard InChI is InChI=1S/C10H5F7O3/c11-6-4(7(18)8(19)20)1-3(9(12,13)14)2-5(6)10(15,16)17/h1-2,7,18H,(H,19,20). The van der Waals surface area contributed by atoms with Gasteiger partial charge in [0.25, 0.3) is 0 Å². The van der Waals surface area contributed by atoms with Crippen molar-refractivity contribution in [1.29, 1.82) is 0 Å². The third-order valence-electron chi connectivity index (χ3n) is 2.26. The lowest BCUT2D eigenvalue weighted by Gasteiger charge is -2.17. The highest BCUT2D eigenvalue weighted by molar-refractivity contribution is 5.74. The van der Waals surface area contributed by atoms with E-state index >= 15 is 0 Å². The van der Waals surface area contributed by atoms with E-state index in [2.05, 4.69) is 0 Å². The van der Waals surface area contributed by atoms with Crippen molar-refractivity contribution in [2.75, 3.05) is 0 Å². The van der Waals surface area contributed by atoms with E-state index < -0.39 is 53.0 Å². The number of carboxylic acids is 1. The summed E-state index contributed by atoms with van der Waals surface area (Å²) in [5, 5.41) is 17.4. The molecule has 0 spiro atoms. The van der Waals surface area contributed by atoms with E-state index in [-0.39, 0.29) is 6.07 Å². The largest absolute Gasteiger partial charge is 0.479 e. The second kappa shape index (κ2) is 4.93. The summed E-state index contributed by atoms with van der Waals surface area (Å²) in [6, 6.07) is -0.670. The second-order valence-electron chi connectivity index (χ2n) is 3.66. The third-order valence-corrected chi connectivity index (χ3v) is 2.26. The van der Waals surface area contributed by atoms with Crippen LogP contribution in [0.25, 0.3) is 0 Å². The van der Waals surface area contributed by atoms with E-state index in [1.807, 2.05) is 0 Å². The molecule has 1 aromatic rings. The first-order chi connectivity index (χ1) is 8.85. The number of aliphatic hydroxyl groups excluding tert-OH is 1. The smallest absolute Gasteiger partial charge is 0.419 e. The highest BCUT2D eigenvalue weighted by Gasteiger charge is 2.41. The zero-order valence-corrected chi connectivity index (χ0v) is 9.18. The normalized spacial score (nSPS) is 14.2. The number of carboxylic acid groups (broad SMARTS) is 1. The lowest BCUT2D eigenvalue weighted by Crippen LogP contribution is -2.19. The van der Waals surface area contributed by atoms with Crippen molar-refractivity contribution < 1.29 is 45.7 Å². The van der Waals surface area contributed by atoms with E-state index in [0.29, 0.717) is 0 Å². The van der Waals surface area contributed by atoms with Crippen LogP contribution in [-0.2, 0) is 17.1 Å². The van der Waals surface area contributed by atoms with Crippen molar-refractivity contribution in [3.05, 3.63) is 34.6 Å². The van der Waals surface area contributed by atoms with Gasteiger partial charge >= 0.3 is 18.3 Å². The maximum absolute atomic E-state index is 13.4. The summed E-state index contributed by atoms with van der Waals surface area (Å²) in [4.78, 5) is 10.4. The van der Waals surface area contributed by atoms with E-state index in [0.717, 1.165) is 0 Å². The van der Waals surface area contributed by atoms with Crippen LogP contribution in [0.4, 0.5) is 30.7 Å². The van der Waals surface area contributed by atoms with Crippen LogP contribution in [0, 0.1) is 5.82 Å². The number of halogens is 7. The van der Waals surface area contributed by atoms with Gasteiger partial charge in [-0.3, -0.25) is 0 Å². The molecule has 0 aliphatic heterocycles. The van der Waals surface area contributed by atoms with Crippen LogP contribution in [0.5, 0.6) is 0 Å². The monoisotopic (exact) mass is 306 g/mol. The first-order valence-electron chi connectivity index (χ1n) is 4.74. The van der Waals surface area contributed by atoms with Gasteiger partial charge in [0.15, 0.2) is 6.10 Å². The van der Waals surface area contributed by atoms with E-state index in [9.17, 15) is 35.5 Å². The Morgan fingerprint density at radius 3 is 1.90 bits per heavy atom. The Balaban J connectivity index is 3.64. The van der Waals surface area contributed by atoms with Crippen molar-refractivity contribution in [2.45, 2.75) is 18.5 Å². The van der Waals surface area contributed by atoms with Crippen LogP contribution in [0.2, 0.25) is 0 Å². The minimum Gasteiger partial charge on any atom is -0.479 e. The van der Waals surface area contributed by atoms with Gasteiger partial charge in [-0.2, -0.15) is 26.3 Å². The molecule has 0 amide bonds. The summed E-state index contributed by atoms with van der Waals surface area (Å²) in [6.45, 7) is 0. The van der Waals surface area contributed by atoms with E-state index in [1.165, 1.54) is 0 Å². The number of hydrogen-bond donors (Lipinski definition) is 2. The van der Waals surface area contributed by atoms with Gasteiger partial charge in [-0.1, -0.05) is 0 Å². The number of aliphatic hydroxyl groups is 1. The molecule has 0 fully saturated rings. The molecule has 1 atom stereocenters. The number of benzene rings is 1. The molecule has 3 nitrogen and oxygen atoms in total. The minimum atomic E-state index is -5.47. The lowest BCUT2D eigenvalue weighted by molar-refractivity contribution is -0.149. The maximum Gasteiger partial charge on any atom is 0.419 e. The van der Waals surface area contributed by atoms with E-state index in [4.69, 9.17) is 10.2 Å². The third kappa shape index (κ3) is 3.18. The SMILES string of the molecule is O=C(O)C(O)c1cc(C(F)(F)F)cc(C(F)(F)F)c1F. The lowest BCUT2D eigenvalue weighted by atomic mass is 10.00. The van der Waals surface area contributed by atoms with Crippen LogP contribution in [0.15, 0.2) is 12.1 Å². The van der Waals surface area contributed by atoms with E-state index in [1.54, 1.807) is 0 Å². The Bertz CT molecular complexity index is 533. The van der Waals surface area contributed by atoms with Crippen LogP contribution >= 0.6 is 0 Å². The molecule has 1 rings (SSSR count). The van der Waals surface area contributed by atoms with Gasteiger partial charge in [0.2, 0.25) is 0 Å². The molecule has 0 saturated carbocycles. The van der Waals surface area contributed by atoms with Gasteiger partial charge in [-0.25, -0.2) is 9.18 Å². The van der Waals surface area contributed by atoms with Crippen LogP contribution in [0.3, 0.4) is 0 Å². The number of rotatable bonds is 2. The Kier molecular flexibility index (Phi) is 3.99. The first kappa shape index (κ1) is 16.2. The topological polar surface area (TPSA) is 57.5 Å². The summed E-state index contributed by atoms with van der Waals surface area (Å²) in [5.74, 6) is -4.45. The Morgan fingerprint density at radius 2 is 1.55 bits per heavy atom. The molecule has 10 heteroatoms. The summed E-state index contributed by atoms with van der Waals surface area (Å²) in [6.07, 6.45) is -13.6. The predicted molar refractivity (Wildman–Crippen MR) is 49.0 cm³/mol. The molecule has 20 heavy (non-hydrogen) atoms. The molecule has 0 aliphatic rings. The van der Waals surface area contributed by atoms with Gasteiger partial charge in [0.1, 0.15) is 5.82 Å². The predicted octanol–water partition coefficient (Wildman–Crippen LogP) is 2.98. The molecule has 0 heterocycles. The van der Waals surface area contributed by atoms with Crippen molar-refractivity contribution in [1.82, 2.24) is 0 Å². The highest BCUT2D eigenvalue weighted by atomic mass is 19.4. The summed E-state index contributed by atoms with van der Waals surface area (Å²) < 4.78 is 88.0. The number of carbonyl (C=O) groups is 1. The highest BCUT2D eigenvalue weighted by Crippen LogP contribution is 2.39. The van der Waals surface area contributed by atoms with Gasteiger partial charge < -0.3 is 10.2 Å². The summed E-state index contributed by atoms with van der Waals surface area (Å²) >= 11 is 0. The van der Waals surface area contributed by atoms with Gasteiger partial charge in [-0.15, -0.1) is 0 Å². The molecular weight excluding hydrogens is 301 g/mol. The quantitative estimate of drug-likeness (QED) is 0.826. The molecule has 0 aliphatic carbocycles. The average molecular weight is 306 g/mol. The first-order valence-corrected chi connectivity index (χ1v) is 4.74. The fourth-order valence-electron chi connectivity index (χ4n) is 1.35. The zero-order valence-electron chi connectivity index (χ0n) is 9.18. The van der Waals surface area contributed by atoms with Gasteiger partial charge in [0.05, 0.1) is 11.1 Å². The second-order valence-corrected chi connectivity index (χ2v) is 3.66. The van der Waals surface area contributed by atoms with Crippen molar-refractivity contribution in [3.63, 3.8) is 0 Å². The summed E-state index contributed by atoms with van der Waals surface area (Å²) in [5.41, 5.74) is -5.83. The molecule has 1 unspecified atom stereocenters. The molecule has 0 aromatic heterocycles. The van der Waals surface area contributed by atoms with Crippen molar-refractivity contribution >= 4 is 5.97 Å². The zero-order chi connectivity index (χ0) is 15.9. The Labute approximate surface area is 106 Å². The fourth-order valence-corrected chi connectivity index (χ4v) is 1.35. The maximum atomic E-state index is 13.4. The number of aliphatic carboxylic acids is 1. The van der Waals surface area contributed by atoms with Crippen molar-refractivity contribution in [2.24, 2.45) is 0 Å². The van der Waals surface area contributed by atoms with Crippen LogP contribution in [0.1, 0.15) is 22.8 Å². The Morgan fingerprint density at radius 1 is 1.05 bits per heavy atom. The van der Waals surface area contributed by atoms with Gasteiger partial charge in [0, 0.05) is 5.56 Å². The molecule has 0 bridgehead atoms. The molecular formula is C10H5F7O3. The fraction of sp³-hybridized carbons (Fsp3) is 0.300. The molecule has 1 aromatic carbocycles. The molecule has 112 valence electrons. The molecule has 2 N–H and O–H groups in total. The number of hydrogen-bond acceptors (Lipinski definition) is 2.